The molecule has 0 amide bonds. The summed E-state index contributed by atoms with van der Waals surface area (Å²) in [6, 6.07) is 11.0. The number of benzene rings is 2. The van der Waals surface area contributed by atoms with E-state index >= 15 is 0 Å². The molecule has 0 aromatic heterocycles. The van der Waals surface area contributed by atoms with E-state index < -0.39 is 7.82 Å². The first-order chi connectivity index (χ1) is 12.7. The molecule has 0 bridgehead atoms. The van der Waals surface area contributed by atoms with Crippen LogP contribution in [0.5, 0.6) is 5.75 Å². The van der Waals surface area contributed by atoms with Gasteiger partial charge in [0.15, 0.2) is 0 Å². The van der Waals surface area contributed by atoms with Crippen LogP contribution < -0.4 is 9.84 Å². The molecule has 0 radical (unpaired) electrons. The normalized spacial score (nSPS) is 12.9. The van der Waals surface area contributed by atoms with E-state index in [1.165, 1.54) is 0 Å². The summed E-state index contributed by atoms with van der Waals surface area (Å²) in [4.78, 5) is 19.0. The van der Waals surface area contributed by atoms with Crippen LogP contribution in [0.4, 0.5) is 0 Å². The van der Waals surface area contributed by atoms with Crippen molar-refractivity contribution in [1.82, 2.24) is 5.32 Å². The van der Waals surface area contributed by atoms with Crippen molar-refractivity contribution >= 4 is 19.4 Å². The number of phosphoric ester groups is 1. The molecule has 2 aromatic rings. The molecule has 0 saturated heterocycles. The summed E-state index contributed by atoms with van der Waals surface area (Å²) in [5.41, 5.74) is 2.81. The maximum atomic E-state index is 11.7. The second kappa shape index (κ2) is 8.17. The first kappa shape index (κ1) is 22.9. The fraction of sp³-hybridized carbons (Fsp3) is 0.429. The zero-order chi connectivity index (χ0) is 21.3. The first-order valence-electron chi connectivity index (χ1n) is 9.09. The monoisotopic (exact) mass is 425 g/mol. The largest absolute Gasteiger partial charge is 0.524 e. The topological polar surface area (TPSA) is 78.8 Å². The Morgan fingerprint density at radius 3 is 2.07 bits per heavy atom. The number of hydrogen-bond donors (Lipinski definition) is 3. The lowest BCUT2D eigenvalue weighted by Gasteiger charge is -2.26. The second-order valence-electron chi connectivity index (χ2n) is 8.95. The second-order valence-corrected chi connectivity index (χ2v) is 10.6. The van der Waals surface area contributed by atoms with Crippen LogP contribution in [0.1, 0.15) is 52.7 Å². The van der Waals surface area contributed by atoms with Crippen LogP contribution in [0.15, 0.2) is 36.4 Å². The van der Waals surface area contributed by atoms with Crippen molar-refractivity contribution in [3.05, 3.63) is 52.5 Å². The molecule has 0 unspecified atom stereocenters. The van der Waals surface area contributed by atoms with Gasteiger partial charge in [0, 0.05) is 28.2 Å². The lowest BCUT2D eigenvalue weighted by atomic mass is 9.83. The highest BCUT2D eigenvalue weighted by Gasteiger charge is 2.26. The maximum Gasteiger partial charge on any atom is 0.524 e. The highest BCUT2D eigenvalue weighted by atomic mass is 35.5. The average Bonchev–Trinajstić information content (AvgIpc) is 2.51. The van der Waals surface area contributed by atoms with Crippen LogP contribution in [0.3, 0.4) is 0 Å². The Balaban J connectivity index is 2.73. The molecule has 5 nitrogen and oxygen atoms in total. The molecule has 7 heteroatoms. The van der Waals surface area contributed by atoms with Gasteiger partial charge in [0.25, 0.3) is 0 Å². The molecule has 0 aliphatic rings. The van der Waals surface area contributed by atoms with E-state index in [0.29, 0.717) is 22.7 Å². The van der Waals surface area contributed by atoms with E-state index in [1.807, 2.05) is 45.0 Å². The Bertz CT molecular complexity index is 877. The van der Waals surface area contributed by atoms with Gasteiger partial charge in [-0.2, -0.15) is 0 Å². The van der Waals surface area contributed by atoms with E-state index in [0.717, 1.165) is 11.1 Å². The number of hydrogen-bond acceptors (Lipinski definition) is 3. The molecule has 0 heterocycles. The van der Waals surface area contributed by atoms with Crippen LogP contribution in [0.25, 0.3) is 11.1 Å². The summed E-state index contributed by atoms with van der Waals surface area (Å²) < 4.78 is 16.9. The van der Waals surface area contributed by atoms with Gasteiger partial charge in [-0.15, -0.1) is 0 Å². The molecule has 0 aliphatic heterocycles. The minimum atomic E-state index is -4.75. The molecule has 0 saturated carbocycles. The zero-order valence-corrected chi connectivity index (χ0v) is 18.9. The molecular weight excluding hydrogens is 397 g/mol. The molecule has 0 aliphatic carbocycles. The van der Waals surface area contributed by atoms with Crippen molar-refractivity contribution in [3.63, 3.8) is 0 Å². The first-order valence-corrected chi connectivity index (χ1v) is 11.0. The third-order valence-corrected chi connectivity index (χ3v) is 4.88. The van der Waals surface area contributed by atoms with Crippen molar-refractivity contribution in [3.8, 4) is 16.9 Å². The van der Waals surface area contributed by atoms with Gasteiger partial charge in [0.1, 0.15) is 5.75 Å². The molecular formula is C21H29ClNO4P. The highest BCUT2D eigenvalue weighted by molar-refractivity contribution is 7.46. The minimum absolute atomic E-state index is 0.154. The number of rotatable bonds is 5. The Morgan fingerprint density at radius 1 is 1.04 bits per heavy atom. The standard InChI is InChI=1S/C21H29ClNO4P/c1-20(2,3)16-11-15(13-23-21(4,5)6)19(27-28(24,25)26)18(12-16)14-7-9-17(22)10-8-14/h7-12,23H,13H2,1-6H3,(H2,24,25,26). The van der Waals surface area contributed by atoms with Crippen molar-refractivity contribution in [2.24, 2.45) is 0 Å². The highest BCUT2D eigenvalue weighted by Crippen LogP contribution is 2.46. The summed E-state index contributed by atoms with van der Waals surface area (Å²) in [7, 11) is -4.75. The predicted molar refractivity (Wildman–Crippen MR) is 115 cm³/mol. The summed E-state index contributed by atoms with van der Waals surface area (Å²) in [5, 5.41) is 3.96. The smallest absolute Gasteiger partial charge is 0.403 e. The number of phosphoric acid groups is 1. The van der Waals surface area contributed by atoms with Gasteiger partial charge in [-0.3, -0.25) is 9.79 Å². The number of halogens is 1. The van der Waals surface area contributed by atoms with Gasteiger partial charge in [0.2, 0.25) is 0 Å². The summed E-state index contributed by atoms with van der Waals surface area (Å²) >= 11 is 6.01. The van der Waals surface area contributed by atoms with E-state index in [9.17, 15) is 14.4 Å². The summed E-state index contributed by atoms with van der Waals surface area (Å²) in [6.07, 6.45) is 0. The van der Waals surface area contributed by atoms with E-state index in [4.69, 9.17) is 16.1 Å². The summed E-state index contributed by atoms with van der Waals surface area (Å²) in [6.45, 7) is 12.8. The molecule has 0 fully saturated rings. The minimum Gasteiger partial charge on any atom is -0.403 e. The Labute approximate surface area is 172 Å². The molecule has 154 valence electrons. The third-order valence-electron chi connectivity index (χ3n) is 4.21. The van der Waals surface area contributed by atoms with Crippen LogP contribution in [0.2, 0.25) is 5.02 Å². The van der Waals surface area contributed by atoms with Gasteiger partial charge in [-0.05, 0) is 55.5 Å². The van der Waals surface area contributed by atoms with Gasteiger partial charge in [-0.25, -0.2) is 4.57 Å². The lowest BCUT2D eigenvalue weighted by Crippen LogP contribution is -2.35. The van der Waals surface area contributed by atoms with E-state index in [-0.39, 0.29) is 16.7 Å². The van der Waals surface area contributed by atoms with Gasteiger partial charge >= 0.3 is 7.82 Å². The van der Waals surface area contributed by atoms with Crippen LogP contribution in [0, 0.1) is 0 Å². The van der Waals surface area contributed by atoms with Crippen molar-refractivity contribution in [2.45, 2.75) is 59.0 Å². The lowest BCUT2D eigenvalue weighted by molar-refractivity contribution is 0.282. The Morgan fingerprint density at radius 2 is 1.61 bits per heavy atom. The Kier molecular flexibility index (Phi) is 6.69. The zero-order valence-electron chi connectivity index (χ0n) is 17.2. The molecule has 2 rings (SSSR count). The van der Waals surface area contributed by atoms with Crippen molar-refractivity contribution in [2.75, 3.05) is 0 Å². The van der Waals surface area contributed by atoms with Crippen molar-refractivity contribution in [1.29, 1.82) is 0 Å². The fourth-order valence-electron chi connectivity index (χ4n) is 2.68. The maximum absolute atomic E-state index is 11.7. The molecule has 2 aromatic carbocycles. The van der Waals surface area contributed by atoms with Gasteiger partial charge in [0.05, 0.1) is 0 Å². The van der Waals surface area contributed by atoms with Crippen LogP contribution >= 0.6 is 19.4 Å². The van der Waals surface area contributed by atoms with E-state index in [2.05, 4.69) is 26.1 Å². The van der Waals surface area contributed by atoms with Gasteiger partial charge in [-0.1, -0.05) is 50.6 Å². The average molecular weight is 426 g/mol. The fourth-order valence-corrected chi connectivity index (χ4v) is 3.26. The Hall–Kier alpha value is -1.36. The third kappa shape index (κ3) is 6.61. The quantitative estimate of drug-likeness (QED) is 0.538. The summed E-state index contributed by atoms with van der Waals surface area (Å²) in [5.74, 6) is 0.181. The SMILES string of the molecule is CC(C)(C)NCc1cc(C(C)(C)C)cc(-c2ccc(Cl)cc2)c1OP(=O)(O)O. The van der Waals surface area contributed by atoms with Crippen LogP contribution in [-0.4, -0.2) is 15.3 Å². The predicted octanol–water partition coefficient (Wildman–Crippen LogP) is 5.66. The van der Waals surface area contributed by atoms with Crippen LogP contribution in [-0.2, 0) is 16.5 Å². The van der Waals surface area contributed by atoms with E-state index in [1.54, 1.807) is 12.1 Å². The van der Waals surface area contributed by atoms with Gasteiger partial charge < -0.3 is 9.84 Å². The molecule has 28 heavy (non-hydrogen) atoms. The molecule has 0 spiro atoms. The molecule has 0 atom stereocenters. The van der Waals surface area contributed by atoms with Crippen molar-refractivity contribution < 1.29 is 18.9 Å². The molecule has 3 N–H and O–H groups in total. The number of nitrogens with one attached hydrogen (secondary N) is 1.